The molecule has 33 heavy (non-hydrogen) atoms. The largest absolute Gasteiger partial charge is 0.357 e. The van der Waals surface area contributed by atoms with Crippen LogP contribution in [0.3, 0.4) is 0 Å². The van der Waals surface area contributed by atoms with Crippen molar-refractivity contribution in [2.45, 2.75) is 36.6 Å². The van der Waals surface area contributed by atoms with Gasteiger partial charge >= 0.3 is 0 Å². The average molecular weight is 491 g/mol. The Hall–Kier alpha value is -2.16. The molecule has 9 heteroatoms. The van der Waals surface area contributed by atoms with Crippen molar-refractivity contribution in [1.82, 2.24) is 15.2 Å². The number of piperidine rings is 1. The summed E-state index contributed by atoms with van der Waals surface area (Å²) in [6.07, 6.45) is 4.12. The molecule has 7 nitrogen and oxygen atoms in total. The van der Waals surface area contributed by atoms with Gasteiger partial charge in [0.2, 0.25) is 5.91 Å². The van der Waals surface area contributed by atoms with Crippen LogP contribution in [0.1, 0.15) is 31.2 Å². The van der Waals surface area contributed by atoms with Gasteiger partial charge in [0.25, 0.3) is 0 Å². The van der Waals surface area contributed by atoms with Crippen LogP contribution in [-0.4, -0.2) is 69.2 Å². The third-order valence-electron chi connectivity index (χ3n) is 6.71. The number of rotatable bonds is 6. The van der Waals surface area contributed by atoms with Gasteiger partial charge in [0.15, 0.2) is 9.84 Å². The zero-order valence-corrected chi connectivity index (χ0v) is 20.6. The topological polar surface area (TPSA) is 82.6 Å². The lowest BCUT2D eigenvalue weighted by atomic mass is 9.94. The van der Waals surface area contributed by atoms with Crippen LogP contribution in [0.15, 0.2) is 47.5 Å². The normalized spacial score (nSPS) is 22.0. The first-order valence-corrected chi connectivity index (χ1v) is 13.7. The minimum absolute atomic E-state index is 0.00258. The Bertz CT molecular complexity index is 1070. The summed E-state index contributed by atoms with van der Waals surface area (Å²) in [4.78, 5) is 22.0. The number of likely N-dealkylation sites (N-methyl/N-ethyl adjacent to an activating group) is 1. The lowest BCUT2D eigenvalue weighted by Crippen LogP contribution is -2.43. The van der Waals surface area contributed by atoms with Gasteiger partial charge in [-0.15, -0.1) is 0 Å². The average Bonchev–Trinajstić information content (AvgIpc) is 3.23. The molecule has 0 aliphatic carbocycles. The zero-order chi connectivity index (χ0) is 23.6. The summed E-state index contributed by atoms with van der Waals surface area (Å²) in [7, 11) is -3.26. The van der Waals surface area contributed by atoms with Gasteiger partial charge in [-0.3, -0.25) is 4.79 Å². The highest BCUT2D eigenvalue weighted by Gasteiger charge is 2.38. The van der Waals surface area contributed by atoms with Gasteiger partial charge in [-0.1, -0.05) is 30.7 Å². The van der Waals surface area contributed by atoms with Crippen LogP contribution in [0.25, 0.3) is 0 Å². The van der Waals surface area contributed by atoms with Crippen LogP contribution in [0, 0.1) is 5.92 Å². The molecule has 1 aromatic heterocycles. The molecule has 0 bridgehead atoms. The summed E-state index contributed by atoms with van der Waals surface area (Å²) >= 11 is 6.06. The van der Waals surface area contributed by atoms with E-state index in [0.717, 1.165) is 43.3 Å². The van der Waals surface area contributed by atoms with Gasteiger partial charge < -0.3 is 15.1 Å². The van der Waals surface area contributed by atoms with E-state index in [1.54, 1.807) is 12.1 Å². The molecule has 0 spiro atoms. The number of carbonyl (C=O) groups is 1. The van der Waals surface area contributed by atoms with E-state index in [4.69, 9.17) is 11.6 Å². The van der Waals surface area contributed by atoms with Crippen molar-refractivity contribution in [3.63, 3.8) is 0 Å². The number of hydrogen-bond donors (Lipinski definition) is 1. The highest BCUT2D eigenvalue weighted by Crippen LogP contribution is 2.31. The molecule has 4 rings (SSSR count). The van der Waals surface area contributed by atoms with Crippen LogP contribution in [0.4, 0.5) is 5.82 Å². The number of nitrogens with one attached hydrogen (secondary N) is 1. The second-order valence-electron chi connectivity index (χ2n) is 8.95. The van der Waals surface area contributed by atoms with E-state index in [1.165, 1.54) is 18.0 Å². The van der Waals surface area contributed by atoms with Crippen LogP contribution in [0.5, 0.6) is 0 Å². The number of aromatic nitrogens is 1. The third-order valence-corrected chi connectivity index (χ3v) is 8.06. The molecule has 2 saturated heterocycles. The SMILES string of the molecule is CCN[C@H]1CN(C(=O)C2CCN(c3ccc(S(C)(=O)=O)cn3)CC2)C[C@@H]1c1ccc(Cl)cc1. The van der Waals surface area contributed by atoms with Gasteiger partial charge in [0, 0.05) is 61.5 Å². The molecule has 2 atom stereocenters. The molecular weight excluding hydrogens is 460 g/mol. The van der Waals surface area contributed by atoms with E-state index in [9.17, 15) is 13.2 Å². The van der Waals surface area contributed by atoms with Crippen LogP contribution >= 0.6 is 11.6 Å². The summed E-state index contributed by atoms with van der Waals surface area (Å²) in [5.41, 5.74) is 1.21. The monoisotopic (exact) mass is 490 g/mol. The minimum Gasteiger partial charge on any atom is -0.357 e. The van der Waals surface area contributed by atoms with Gasteiger partial charge in [0.05, 0.1) is 4.90 Å². The summed E-state index contributed by atoms with van der Waals surface area (Å²) in [5.74, 6) is 1.24. The van der Waals surface area contributed by atoms with Crippen LogP contribution < -0.4 is 10.2 Å². The Labute approximate surface area is 201 Å². The first-order chi connectivity index (χ1) is 15.8. The van der Waals surface area contributed by atoms with E-state index in [-0.39, 0.29) is 28.7 Å². The summed E-state index contributed by atoms with van der Waals surface area (Å²) in [6.45, 7) is 5.84. The number of halogens is 1. The zero-order valence-electron chi connectivity index (χ0n) is 19.1. The molecule has 1 aromatic carbocycles. The molecule has 1 amide bonds. The number of sulfone groups is 1. The summed E-state index contributed by atoms with van der Waals surface area (Å²) in [6, 6.07) is 11.5. The highest BCUT2D eigenvalue weighted by atomic mass is 35.5. The van der Waals surface area contributed by atoms with E-state index < -0.39 is 9.84 Å². The number of nitrogens with zero attached hydrogens (tertiary/aromatic N) is 3. The first-order valence-electron chi connectivity index (χ1n) is 11.4. The molecule has 2 aliphatic heterocycles. The van der Waals surface area contributed by atoms with Crippen molar-refractivity contribution in [1.29, 1.82) is 0 Å². The lowest BCUT2D eigenvalue weighted by molar-refractivity contribution is -0.135. The lowest BCUT2D eigenvalue weighted by Gasteiger charge is -2.34. The van der Waals surface area contributed by atoms with Crippen molar-refractivity contribution in [2.24, 2.45) is 5.92 Å². The number of hydrogen-bond acceptors (Lipinski definition) is 6. The Kier molecular flexibility index (Phi) is 7.26. The maximum absolute atomic E-state index is 13.4. The molecule has 0 saturated carbocycles. The Balaban J connectivity index is 1.37. The molecule has 0 unspecified atom stereocenters. The Morgan fingerprint density at radius 3 is 2.39 bits per heavy atom. The fourth-order valence-electron chi connectivity index (χ4n) is 4.89. The Morgan fingerprint density at radius 1 is 1.12 bits per heavy atom. The number of likely N-dealkylation sites (tertiary alicyclic amines) is 1. The van der Waals surface area contributed by atoms with Gasteiger partial charge in [-0.2, -0.15) is 0 Å². The predicted octanol–water partition coefficient (Wildman–Crippen LogP) is 2.96. The summed E-state index contributed by atoms with van der Waals surface area (Å²) in [5, 5.41) is 4.27. The summed E-state index contributed by atoms with van der Waals surface area (Å²) < 4.78 is 23.3. The number of benzene rings is 1. The number of carbonyl (C=O) groups excluding carboxylic acids is 1. The van der Waals surface area contributed by atoms with Crippen molar-refractivity contribution < 1.29 is 13.2 Å². The van der Waals surface area contributed by atoms with Crippen LogP contribution in [-0.2, 0) is 14.6 Å². The molecular formula is C24H31ClN4O3S. The maximum Gasteiger partial charge on any atom is 0.225 e. The van der Waals surface area contributed by atoms with Gasteiger partial charge in [-0.25, -0.2) is 13.4 Å². The van der Waals surface area contributed by atoms with Crippen molar-refractivity contribution in [3.8, 4) is 0 Å². The van der Waals surface area contributed by atoms with Crippen molar-refractivity contribution >= 4 is 33.2 Å². The molecule has 2 fully saturated rings. The van der Waals surface area contributed by atoms with E-state index in [1.807, 2.05) is 17.0 Å². The van der Waals surface area contributed by atoms with E-state index in [0.29, 0.717) is 13.1 Å². The van der Waals surface area contributed by atoms with E-state index in [2.05, 4.69) is 34.3 Å². The second kappa shape index (κ2) is 9.99. The van der Waals surface area contributed by atoms with Crippen LogP contribution in [0.2, 0.25) is 5.02 Å². The minimum atomic E-state index is -3.26. The predicted molar refractivity (Wildman–Crippen MR) is 131 cm³/mol. The maximum atomic E-state index is 13.4. The van der Waals surface area contributed by atoms with Crippen molar-refractivity contribution in [3.05, 3.63) is 53.2 Å². The number of amides is 1. The third kappa shape index (κ3) is 5.50. The standard InChI is InChI=1S/C24H31ClN4O3S/c1-3-26-22-16-29(15-21(22)17-4-6-19(25)7-5-17)24(30)18-10-12-28(13-11-18)23-9-8-20(14-27-23)33(2,31)32/h4-9,14,18,21-22,26H,3,10-13,15-16H2,1-2H3/t21-,22+/m1/s1. The molecule has 178 valence electrons. The number of anilines is 1. The van der Waals surface area contributed by atoms with Gasteiger partial charge in [0.1, 0.15) is 5.82 Å². The smallest absolute Gasteiger partial charge is 0.225 e. The quantitative estimate of drug-likeness (QED) is 0.670. The van der Waals surface area contributed by atoms with Crippen molar-refractivity contribution in [2.75, 3.05) is 43.9 Å². The first kappa shape index (κ1) is 24.0. The molecule has 2 aromatic rings. The number of pyridine rings is 1. The molecule has 3 heterocycles. The highest BCUT2D eigenvalue weighted by molar-refractivity contribution is 7.90. The van der Waals surface area contributed by atoms with Gasteiger partial charge in [-0.05, 0) is 49.2 Å². The fraction of sp³-hybridized carbons (Fsp3) is 0.500. The second-order valence-corrected chi connectivity index (χ2v) is 11.4. The molecule has 2 aliphatic rings. The molecule has 1 N–H and O–H groups in total. The van der Waals surface area contributed by atoms with E-state index >= 15 is 0 Å². The Morgan fingerprint density at radius 2 is 1.82 bits per heavy atom. The molecule has 0 radical (unpaired) electrons. The fourth-order valence-corrected chi connectivity index (χ4v) is 5.58.